The van der Waals surface area contributed by atoms with Crippen LogP contribution in [0.25, 0.3) is 6.08 Å². The summed E-state index contributed by atoms with van der Waals surface area (Å²) in [5.41, 5.74) is -1.36. The van der Waals surface area contributed by atoms with Crippen LogP contribution in [-0.2, 0) is 68.6 Å². The topological polar surface area (TPSA) is 215 Å². The van der Waals surface area contributed by atoms with Crippen LogP contribution < -0.4 is 10.6 Å². The highest BCUT2D eigenvalue weighted by Gasteiger charge is 2.76. The van der Waals surface area contributed by atoms with Gasteiger partial charge in [-0.15, -0.1) is 0 Å². The molecule has 2 amide bonds. The zero-order chi connectivity index (χ0) is 47.2. The summed E-state index contributed by atoms with van der Waals surface area (Å²) in [5, 5.41) is 17.1. The van der Waals surface area contributed by atoms with Gasteiger partial charge in [0, 0.05) is 50.1 Å². The number of benzene rings is 1. The number of unbranched alkanes of at least 4 members (excludes halogenated alkanes) is 4. The van der Waals surface area contributed by atoms with E-state index in [4.69, 9.17) is 33.3 Å². The van der Waals surface area contributed by atoms with Crippen molar-refractivity contribution < 1.29 is 67.1 Å². The number of ether oxygens (including phenoxy) is 6. The zero-order valence-electron chi connectivity index (χ0n) is 39.0. The molecule has 0 aromatic heterocycles. The Bertz CT molecular complexity index is 1900. The van der Waals surface area contributed by atoms with Crippen molar-refractivity contribution in [2.24, 2.45) is 10.8 Å². The van der Waals surface area contributed by atoms with Crippen molar-refractivity contribution in [2.75, 3.05) is 19.8 Å². The maximum Gasteiger partial charge on any atom is 0.348 e. The summed E-state index contributed by atoms with van der Waals surface area (Å²) < 4.78 is 35.8. The van der Waals surface area contributed by atoms with E-state index in [1.807, 2.05) is 12.1 Å². The molecule has 65 heavy (non-hydrogen) atoms. The molecule has 1 aromatic carbocycles. The smallest absolute Gasteiger partial charge is 0.348 e. The number of aliphatic hydroxyl groups excluding tert-OH is 1. The lowest BCUT2D eigenvalue weighted by Gasteiger charge is -2.48. The van der Waals surface area contributed by atoms with Crippen LogP contribution in [0.5, 0.6) is 0 Å². The molecule has 3 N–H and O–H groups in total. The summed E-state index contributed by atoms with van der Waals surface area (Å²) in [6.45, 7) is 12.9. The monoisotopic (exact) mass is 911 g/mol. The van der Waals surface area contributed by atoms with Crippen molar-refractivity contribution >= 4 is 41.8 Å². The molecule has 17 nitrogen and oxygen atoms in total. The van der Waals surface area contributed by atoms with Crippen molar-refractivity contribution in [1.82, 2.24) is 15.7 Å². The molecule has 0 radical (unpaired) electrons. The van der Waals surface area contributed by atoms with Gasteiger partial charge >= 0.3 is 23.9 Å². The average Bonchev–Trinajstić information content (AvgIpc) is 3.88. The molecule has 4 aliphatic heterocycles. The second-order valence-electron chi connectivity index (χ2n) is 19.8. The molecule has 5 fully saturated rings. The number of carbonyl (C=O) groups excluding carboxylic acids is 6. The molecule has 4 saturated heterocycles. The fraction of sp³-hybridized carbons (Fsp3) is 0.708. The predicted octanol–water partition coefficient (Wildman–Crippen LogP) is 4.74. The molecule has 360 valence electrons. The first kappa shape index (κ1) is 50.0. The van der Waals surface area contributed by atoms with E-state index in [1.165, 1.54) is 11.1 Å². The van der Waals surface area contributed by atoms with Crippen molar-refractivity contribution in [2.45, 2.75) is 186 Å². The molecule has 4 heterocycles. The molecule has 17 heteroatoms. The van der Waals surface area contributed by atoms with Gasteiger partial charge in [-0.2, -0.15) is 5.06 Å². The molecule has 0 spiro atoms. The number of amides is 2. The Labute approximate surface area is 381 Å². The number of nitrogens with zero attached hydrogens (tertiary/aromatic N) is 1. The van der Waals surface area contributed by atoms with Crippen molar-refractivity contribution in [3.8, 4) is 0 Å². The summed E-state index contributed by atoms with van der Waals surface area (Å²) >= 11 is 0. The van der Waals surface area contributed by atoms with Crippen molar-refractivity contribution in [1.29, 1.82) is 0 Å². The van der Waals surface area contributed by atoms with Crippen LogP contribution in [0.15, 0.2) is 30.3 Å². The van der Waals surface area contributed by atoms with E-state index in [0.717, 1.165) is 44.1 Å². The third kappa shape index (κ3) is 11.8. The Morgan fingerprint density at radius 2 is 1.63 bits per heavy atom. The number of fused-ring (bicyclic) bond motifs is 4. The van der Waals surface area contributed by atoms with E-state index >= 15 is 0 Å². The van der Waals surface area contributed by atoms with Crippen LogP contribution in [0.4, 0.5) is 0 Å². The highest BCUT2D eigenvalue weighted by Crippen LogP contribution is 2.58. The van der Waals surface area contributed by atoms with Crippen LogP contribution in [0.1, 0.15) is 137 Å². The summed E-state index contributed by atoms with van der Waals surface area (Å²) in [7, 11) is 0. The molecule has 1 saturated carbocycles. The lowest BCUT2D eigenvalue weighted by molar-refractivity contribution is -0.224. The Kier molecular flexibility index (Phi) is 16.2. The van der Waals surface area contributed by atoms with Crippen molar-refractivity contribution in [3.63, 3.8) is 0 Å². The molecule has 8 atom stereocenters. The third-order valence-electron chi connectivity index (χ3n) is 12.8. The van der Waals surface area contributed by atoms with Gasteiger partial charge < -0.3 is 44.2 Å². The molecule has 6 rings (SSSR count). The number of aliphatic hydroxyl groups is 1. The van der Waals surface area contributed by atoms with Crippen molar-refractivity contribution in [3.05, 3.63) is 41.5 Å². The molecule has 5 aliphatic rings. The standard InChI is InChI=1S/C48H69N3O14/c1-8-10-12-23-47(24-13-11-9-2)63-37-33-26-48(44(58)49-25-22-34(53)50-32(28-52)19-21-36(55)62-45(3,4)5)39(42(56)60-33)51(65-40(48)38(37)64-47)27-31-16-14-30(15-17-31)18-20-35(54)61-41-43(57)59-29-46(41,6)7/h14-18,20,32-33,37-41,52H,8-13,19,21-29H2,1-7H3,(H,49,58)(H,50,53). The fourth-order valence-electron chi connectivity index (χ4n) is 9.51. The van der Waals surface area contributed by atoms with Crippen LogP contribution in [0.3, 0.4) is 0 Å². The highest BCUT2D eigenvalue weighted by atomic mass is 16.8. The second kappa shape index (κ2) is 21.0. The number of carbonyl (C=O) groups is 6. The van der Waals surface area contributed by atoms with Gasteiger partial charge in [0.15, 0.2) is 11.8 Å². The summed E-state index contributed by atoms with van der Waals surface area (Å²) in [4.78, 5) is 85.8. The lowest BCUT2D eigenvalue weighted by atomic mass is 9.62. The van der Waals surface area contributed by atoms with Crippen LogP contribution in [0, 0.1) is 10.8 Å². The van der Waals surface area contributed by atoms with E-state index in [2.05, 4.69) is 24.5 Å². The fourth-order valence-corrected chi connectivity index (χ4v) is 9.51. The maximum atomic E-state index is 14.8. The van der Waals surface area contributed by atoms with Gasteiger partial charge in [-0.25, -0.2) is 9.59 Å². The molecular formula is C48H69N3O14. The minimum Gasteiger partial charge on any atom is -0.462 e. The van der Waals surface area contributed by atoms with Gasteiger partial charge in [-0.05, 0) is 57.2 Å². The summed E-state index contributed by atoms with van der Waals surface area (Å²) in [5.74, 6) is -4.19. The first-order valence-corrected chi connectivity index (χ1v) is 23.4. The number of hydrogen-bond acceptors (Lipinski definition) is 15. The van der Waals surface area contributed by atoms with Gasteiger partial charge in [0.05, 0.1) is 19.2 Å². The number of nitrogens with one attached hydrogen (secondary N) is 2. The van der Waals surface area contributed by atoms with Gasteiger partial charge in [0.25, 0.3) is 0 Å². The normalized spacial score (nSPS) is 28.0. The van der Waals surface area contributed by atoms with E-state index in [1.54, 1.807) is 52.8 Å². The number of rotatable bonds is 22. The summed E-state index contributed by atoms with van der Waals surface area (Å²) in [6.07, 6.45) is 5.86. The number of esters is 4. The quantitative estimate of drug-likeness (QED) is 0.0620. The molecule has 1 aromatic rings. The van der Waals surface area contributed by atoms with Gasteiger partial charge in [0.1, 0.15) is 42.0 Å². The van der Waals surface area contributed by atoms with E-state index in [-0.39, 0.29) is 52.0 Å². The Balaban J connectivity index is 1.18. The Morgan fingerprint density at radius 3 is 2.25 bits per heavy atom. The molecular weight excluding hydrogens is 843 g/mol. The number of hydroxylamine groups is 2. The lowest BCUT2D eigenvalue weighted by Crippen LogP contribution is -2.69. The van der Waals surface area contributed by atoms with E-state index < -0.39 is 101 Å². The van der Waals surface area contributed by atoms with Crippen LogP contribution >= 0.6 is 0 Å². The number of hydrogen-bond donors (Lipinski definition) is 3. The first-order valence-electron chi connectivity index (χ1n) is 23.4. The first-order chi connectivity index (χ1) is 30.8. The maximum absolute atomic E-state index is 14.8. The SMILES string of the molecule is CCCCCC1(CCCCC)OC2C3CC4(C(=O)NCCC(=O)NC(CO)CCC(=O)OC(C)(C)C)C(ON(Cc5ccc(C=CC(=O)OC6C(=O)OCC6(C)C)cc5)C4C(=O)O3)C2O1. The minimum atomic E-state index is -1.46. The van der Waals surface area contributed by atoms with Gasteiger partial charge in [-0.1, -0.05) is 77.6 Å². The minimum absolute atomic E-state index is 0.00226. The molecule has 2 bridgehead atoms. The Hall–Kier alpha value is -4.42. The van der Waals surface area contributed by atoms with Crippen LogP contribution in [-0.4, -0.2) is 120 Å². The third-order valence-corrected chi connectivity index (χ3v) is 12.8. The second-order valence-corrected chi connectivity index (χ2v) is 19.8. The molecule has 8 unspecified atom stereocenters. The van der Waals surface area contributed by atoms with Gasteiger partial charge in [-0.3, -0.25) is 24.0 Å². The average molecular weight is 912 g/mol. The predicted molar refractivity (Wildman–Crippen MR) is 234 cm³/mol. The molecule has 1 aliphatic carbocycles. The van der Waals surface area contributed by atoms with Crippen LogP contribution in [0.2, 0.25) is 0 Å². The summed E-state index contributed by atoms with van der Waals surface area (Å²) in [6, 6.07) is 5.33. The highest BCUT2D eigenvalue weighted by molar-refractivity contribution is 5.94. The van der Waals surface area contributed by atoms with Gasteiger partial charge in [0.2, 0.25) is 17.9 Å². The number of cyclic esters (lactones) is 1. The van der Waals surface area contributed by atoms with E-state index in [0.29, 0.717) is 18.4 Å². The Morgan fingerprint density at radius 1 is 0.954 bits per heavy atom. The largest absolute Gasteiger partial charge is 0.462 e. The zero-order valence-corrected chi connectivity index (χ0v) is 39.0. The van der Waals surface area contributed by atoms with E-state index in [9.17, 15) is 33.9 Å².